The van der Waals surface area contributed by atoms with Gasteiger partial charge < -0.3 is 4.74 Å². The zero-order valence-electron chi connectivity index (χ0n) is 18.4. The number of ether oxygens (including phenoxy) is 1. The van der Waals surface area contributed by atoms with Crippen LogP contribution in [0.15, 0.2) is 60.7 Å². The fraction of sp³-hybridized carbons (Fsp3) is 0.231. The summed E-state index contributed by atoms with van der Waals surface area (Å²) < 4.78 is 109. The molecule has 0 aliphatic rings. The molecule has 0 saturated carbocycles. The fourth-order valence-electron chi connectivity index (χ4n) is 3.27. The van der Waals surface area contributed by atoms with E-state index in [2.05, 4.69) is 11.7 Å². The normalized spacial score (nSPS) is 13.3. The molecule has 0 N–H and O–H groups in total. The van der Waals surface area contributed by atoms with Gasteiger partial charge in [-0.05, 0) is 46.9 Å². The van der Waals surface area contributed by atoms with E-state index >= 15 is 0 Å². The van der Waals surface area contributed by atoms with E-state index in [4.69, 9.17) is 0 Å². The van der Waals surface area contributed by atoms with Crippen LogP contribution in [-0.2, 0) is 6.42 Å². The average Bonchev–Trinajstić information content (AvgIpc) is 2.79. The molecule has 186 valence electrons. The summed E-state index contributed by atoms with van der Waals surface area (Å²) in [5.74, 6) is -3.26. The molecule has 0 spiro atoms. The Morgan fingerprint density at radius 2 is 1.46 bits per heavy atom. The highest BCUT2D eigenvalue weighted by Crippen LogP contribution is 2.37. The molecule has 0 fully saturated rings. The Balaban J connectivity index is 1.73. The summed E-state index contributed by atoms with van der Waals surface area (Å²) in [6.45, 7) is 2.07. The van der Waals surface area contributed by atoms with Gasteiger partial charge in [0, 0.05) is 5.56 Å². The minimum Gasteiger partial charge on any atom is -0.427 e. The van der Waals surface area contributed by atoms with Crippen molar-refractivity contribution in [1.29, 1.82) is 0 Å². The standard InChI is InChI=1S/C26H20F8O/c1-2-3-16-4-8-18(9-5-16)20-12-11-19(21(27)15-20)10-6-17-7-13-23(22(28)14-17)35-26(33,34)24(29)25(30,31)32/h4-15,24H,2-3H2,1H3/b10-6+. The van der Waals surface area contributed by atoms with Crippen molar-refractivity contribution in [2.24, 2.45) is 0 Å². The molecule has 0 aromatic heterocycles. The maximum atomic E-state index is 14.6. The van der Waals surface area contributed by atoms with E-state index in [1.165, 1.54) is 29.8 Å². The topological polar surface area (TPSA) is 9.23 Å². The molecule has 0 aliphatic carbocycles. The number of hydrogen-bond acceptors (Lipinski definition) is 1. The monoisotopic (exact) mass is 500 g/mol. The Bertz CT molecular complexity index is 1180. The highest BCUT2D eigenvalue weighted by molar-refractivity contribution is 5.72. The molecule has 3 aromatic rings. The van der Waals surface area contributed by atoms with Crippen LogP contribution in [0.1, 0.15) is 30.0 Å². The second-order valence-electron chi connectivity index (χ2n) is 7.77. The van der Waals surface area contributed by atoms with Crippen LogP contribution in [0.2, 0.25) is 0 Å². The van der Waals surface area contributed by atoms with Crippen LogP contribution in [0.4, 0.5) is 35.1 Å². The van der Waals surface area contributed by atoms with Crippen molar-refractivity contribution in [3.8, 4) is 16.9 Å². The smallest absolute Gasteiger partial charge is 0.427 e. The molecule has 0 bridgehead atoms. The van der Waals surface area contributed by atoms with Crippen LogP contribution in [0.5, 0.6) is 5.75 Å². The number of hydrogen-bond donors (Lipinski definition) is 0. The molecule has 9 heteroatoms. The third-order valence-corrected chi connectivity index (χ3v) is 5.07. The van der Waals surface area contributed by atoms with E-state index in [0.717, 1.165) is 24.5 Å². The lowest BCUT2D eigenvalue weighted by Gasteiger charge is -2.23. The summed E-state index contributed by atoms with van der Waals surface area (Å²) >= 11 is 0. The fourth-order valence-corrected chi connectivity index (χ4v) is 3.27. The van der Waals surface area contributed by atoms with E-state index in [0.29, 0.717) is 17.7 Å². The van der Waals surface area contributed by atoms with E-state index in [9.17, 15) is 35.1 Å². The van der Waals surface area contributed by atoms with Gasteiger partial charge in [0.15, 0.2) is 11.6 Å². The molecular weight excluding hydrogens is 480 g/mol. The number of rotatable bonds is 8. The van der Waals surface area contributed by atoms with E-state index in [1.54, 1.807) is 6.07 Å². The van der Waals surface area contributed by atoms with E-state index in [-0.39, 0.29) is 11.1 Å². The van der Waals surface area contributed by atoms with Crippen molar-refractivity contribution in [2.75, 3.05) is 0 Å². The maximum Gasteiger partial charge on any atom is 0.439 e. The SMILES string of the molecule is CCCc1ccc(-c2ccc(/C=C/c3ccc(OC(F)(F)C(F)C(F)(F)F)c(F)c3)c(F)c2)cc1. The Hall–Kier alpha value is -3.36. The van der Waals surface area contributed by atoms with Gasteiger partial charge >= 0.3 is 12.3 Å². The predicted molar refractivity (Wildman–Crippen MR) is 118 cm³/mol. The van der Waals surface area contributed by atoms with E-state index in [1.807, 2.05) is 24.3 Å². The third-order valence-electron chi connectivity index (χ3n) is 5.07. The lowest BCUT2D eigenvalue weighted by atomic mass is 10.0. The quantitative estimate of drug-likeness (QED) is 0.222. The van der Waals surface area contributed by atoms with Crippen LogP contribution in [-0.4, -0.2) is 18.5 Å². The summed E-state index contributed by atoms with van der Waals surface area (Å²) in [4.78, 5) is 0. The van der Waals surface area contributed by atoms with Crippen LogP contribution in [0.3, 0.4) is 0 Å². The highest BCUT2D eigenvalue weighted by Gasteiger charge is 2.59. The van der Waals surface area contributed by atoms with Gasteiger partial charge in [0.25, 0.3) is 6.17 Å². The lowest BCUT2D eigenvalue weighted by molar-refractivity contribution is -0.305. The summed E-state index contributed by atoms with van der Waals surface area (Å²) in [5.41, 5.74) is 2.90. The largest absolute Gasteiger partial charge is 0.439 e. The molecule has 1 atom stereocenters. The minimum absolute atomic E-state index is 0.0841. The average molecular weight is 500 g/mol. The molecule has 0 heterocycles. The molecule has 0 amide bonds. The minimum atomic E-state index is -5.89. The number of halogens is 8. The Labute approximate surface area is 196 Å². The van der Waals surface area contributed by atoms with Crippen molar-refractivity contribution in [2.45, 2.75) is 38.2 Å². The molecule has 0 saturated heterocycles. The Morgan fingerprint density at radius 3 is 2.03 bits per heavy atom. The van der Waals surface area contributed by atoms with Crippen LogP contribution < -0.4 is 4.74 Å². The van der Waals surface area contributed by atoms with Gasteiger partial charge in [0.1, 0.15) is 5.82 Å². The first kappa shape index (κ1) is 26.2. The van der Waals surface area contributed by atoms with Gasteiger partial charge in [-0.3, -0.25) is 0 Å². The van der Waals surface area contributed by atoms with Crippen LogP contribution >= 0.6 is 0 Å². The molecule has 0 aliphatic heterocycles. The first-order chi connectivity index (χ1) is 16.4. The third kappa shape index (κ3) is 6.61. The lowest BCUT2D eigenvalue weighted by Crippen LogP contribution is -2.45. The molecule has 0 radical (unpaired) electrons. The zero-order valence-corrected chi connectivity index (χ0v) is 18.4. The summed E-state index contributed by atoms with van der Waals surface area (Å²) in [6.07, 6.45) is -11.3. The van der Waals surface area contributed by atoms with Gasteiger partial charge in [-0.1, -0.05) is 68.0 Å². The maximum absolute atomic E-state index is 14.6. The Kier molecular flexibility index (Phi) is 7.87. The van der Waals surface area contributed by atoms with Crippen molar-refractivity contribution >= 4 is 12.2 Å². The first-order valence-corrected chi connectivity index (χ1v) is 10.5. The van der Waals surface area contributed by atoms with Crippen LogP contribution in [0.25, 0.3) is 23.3 Å². The van der Waals surface area contributed by atoms with Crippen molar-refractivity contribution < 1.29 is 39.9 Å². The summed E-state index contributed by atoms with van der Waals surface area (Å²) in [7, 11) is 0. The second-order valence-corrected chi connectivity index (χ2v) is 7.77. The van der Waals surface area contributed by atoms with Gasteiger partial charge in [0.05, 0.1) is 0 Å². The molecule has 35 heavy (non-hydrogen) atoms. The van der Waals surface area contributed by atoms with Crippen LogP contribution in [0, 0.1) is 11.6 Å². The van der Waals surface area contributed by atoms with Crippen molar-refractivity contribution in [1.82, 2.24) is 0 Å². The molecule has 3 rings (SSSR count). The summed E-state index contributed by atoms with van der Waals surface area (Å²) in [5, 5.41) is 0. The highest BCUT2D eigenvalue weighted by atomic mass is 19.4. The predicted octanol–water partition coefficient (Wildman–Crippen LogP) is 8.63. The van der Waals surface area contributed by atoms with Gasteiger partial charge in [-0.15, -0.1) is 0 Å². The van der Waals surface area contributed by atoms with Gasteiger partial charge in [-0.2, -0.15) is 22.0 Å². The van der Waals surface area contributed by atoms with Crippen molar-refractivity contribution in [3.63, 3.8) is 0 Å². The van der Waals surface area contributed by atoms with Gasteiger partial charge in [-0.25, -0.2) is 13.2 Å². The summed E-state index contributed by atoms with van der Waals surface area (Å²) in [6, 6.07) is 14.6. The van der Waals surface area contributed by atoms with E-state index < -0.39 is 35.8 Å². The Morgan fingerprint density at radius 1 is 0.800 bits per heavy atom. The number of benzene rings is 3. The molecule has 1 nitrogen and oxygen atoms in total. The number of aryl methyl sites for hydroxylation is 1. The molecular formula is C26H20F8O. The van der Waals surface area contributed by atoms with Crippen molar-refractivity contribution in [3.05, 3.63) is 89.0 Å². The number of alkyl halides is 6. The molecule has 3 aromatic carbocycles. The molecule has 1 unspecified atom stereocenters. The van der Waals surface area contributed by atoms with Gasteiger partial charge in [0.2, 0.25) is 0 Å². The first-order valence-electron chi connectivity index (χ1n) is 10.5. The second kappa shape index (κ2) is 10.5. The zero-order chi connectivity index (χ0) is 25.8.